The van der Waals surface area contributed by atoms with Gasteiger partial charge in [0.15, 0.2) is 5.78 Å². The summed E-state index contributed by atoms with van der Waals surface area (Å²) in [6.45, 7) is 7.66. The van der Waals surface area contributed by atoms with Gasteiger partial charge in [-0.2, -0.15) is 0 Å². The summed E-state index contributed by atoms with van der Waals surface area (Å²) in [7, 11) is 1.62. The summed E-state index contributed by atoms with van der Waals surface area (Å²) in [5.41, 5.74) is 1.58. The number of carbonyl (C=O) groups is 2. The summed E-state index contributed by atoms with van der Waals surface area (Å²) < 4.78 is 5.61. The molecule has 1 aromatic carbocycles. The fourth-order valence-electron chi connectivity index (χ4n) is 2.02. The number of Topliss-reactive ketones (excluding diaryl/α,β-unsaturated/α-hetero) is 1. The van der Waals surface area contributed by atoms with Crippen molar-refractivity contribution in [2.24, 2.45) is 0 Å². The Labute approximate surface area is 126 Å². The van der Waals surface area contributed by atoms with Crippen molar-refractivity contribution in [1.82, 2.24) is 10.2 Å². The Morgan fingerprint density at radius 2 is 2.00 bits per heavy atom. The molecule has 0 aromatic heterocycles. The monoisotopic (exact) mass is 292 g/mol. The van der Waals surface area contributed by atoms with Crippen LogP contribution >= 0.6 is 0 Å². The van der Waals surface area contributed by atoms with Crippen molar-refractivity contribution >= 4 is 11.7 Å². The Balaban J connectivity index is 2.98. The van der Waals surface area contributed by atoms with Gasteiger partial charge in [0.25, 0.3) is 0 Å². The average molecular weight is 292 g/mol. The second-order valence-corrected chi connectivity index (χ2v) is 4.79. The zero-order chi connectivity index (χ0) is 15.8. The van der Waals surface area contributed by atoms with E-state index in [-0.39, 0.29) is 11.7 Å². The van der Waals surface area contributed by atoms with Crippen molar-refractivity contribution in [2.45, 2.75) is 27.3 Å². The van der Waals surface area contributed by atoms with Crippen LogP contribution in [0, 0.1) is 0 Å². The SMILES string of the molecule is CCOc1ccc(C(C)=O)cc1CN(CC)CC(=O)NC. The lowest BCUT2D eigenvalue weighted by atomic mass is 10.1. The molecule has 116 valence electrons. The summed E-state index contributed by atoms with van der Waals surface area (Å²) >= 11 is 0. The van der Waals surface area contributed by atoms with Crippen LogP contribution in [0.2, 0.25) is 0 Å². The van der Waals surface area contributed by atoms with E-state index >= 15 is 0 Å². The van der Waals surface area contributed by atoms with Crippen LogP contribution in [-0.4, -0.2) is 43.3 Å². The molecule has 1 aromatic rings. The topological polar surface area (TPSA) is 58.6 Å². The molecule has 1 rings (SSSR count). The van der Waals surface area contributed by atoms with Gasteiger partial charge in [-0.1, -0.05) is 6.92 Å². The molecule has 0 aliphatic carbocycles. The predicted octanol–water partition coefficient (Wildman–Crippen LogP) is 1.86. The Hall–Kier alpha value is -1.88. The van der Waals surface area contributed by atoms with Crippen LogP contribution < -0.4 is 10.1 Å². The number of hydrogen-bond acceptors (Lipinski definition) is 4. The first-order valence-corrected chi connectivity index (χ1v) is 7.21. The van der Waals surface area contributed by atoms with Crippen molar-refractivity contribution in [3.8, 4) is 5.75 Å². The molecule has 0 radical (unpaired) electrons. The van der Waals surface area contributed by atoms with Crippen LogP contribution in [0.5, 0.6) is 5.75 Å². The Bertz CT molecular complexity index is 500. The molecular formula is C16H24N2O3. The smallest absolute Gasteiger partial charge is 0.233 e. The van der Waals surface area contributed by atoms with Gasteiger partial charge in [-0.15, -0.1) is 0 Å². The number of ether oxygens (including phenoxy) is 1. The molecule has 0 aliphatic heterocycles. The van der Waals surface area contributed by atoms with Crippen LogP contribution in [-0.2, 0) is 11.3 Å². The lowest BCUT2D eigenvalue weighted by molar-refractivity contribution is -0.121. The molecule has 5 heteroatoms. The van der Waals surface area contributed by atoms with E-state index < -0.39 is 0 Å². The molecule has 0 heterocycles. The molecule has 0 saturated carbocycles. The van der Waals surface area contributed by atoms with Crippen molar-refractivity contribution in [3.05, 3.63) is 29.3 Å². The second-order valence-electron chi connectivity index (χ2n) is 4.79. The van der Waals surface area contributed by atoms with E-state index in [4.69, 9.17) is 4.74 Å². The number of amides is 1. The van der Waals surface area contributed by atoms with Crippen LogP contribution in [0.1, 0.15) is 36.7 Å². The van der Waals surface area contributed by atoms with Crippen LogP contribution in [0.25, 0.3) is 0 Å². The maximum Gasteiger partial charge on any atom is 0.233 e. The minimum Gasteiger partial charge on any atom is -0.494 e. The zero-order valence-corrected chi connectivity index (χ0v) is 13.2. The highest BCUT2D eigenvalue weighted by Crippen LogP contribution is 2.22. The van der Waals surface area contributed by atoms with Gasteiger partial charge in [-0.3, -0.25) is 14.5 Å². The van der Waals surface area contributed by atoms with Gasteiger partial charge >= 0.3 is 0 Å². The van der Waals surface area contributed by atoms with Crippen LogP contribution in [0.4, 0.5) is 0 Å². The standard InChI is InChI=1S/C16H24N2O3/c1-5-18(11-16(20)17-4)10-14-9-13(12(3)19)7-8-15(14)21-6-2/h7-9H,5-6,10-11H2,1-4H3,(H,17,20). The number of hydrogen-bond donors (Lipinski definition) is 1. The minimum absolute atomic E-state index is 0.0219. The predicted molar refractivity (Wildman–Crippen MR) is 82.6 cm³/mol. The van der Waals surface area contributed by atoms with Gasteiger partial charge in [0.2, 0.25) is 5.91 Å². The lowest BCUT2D eigenvalue weighted by Crippen LogP contribution is -2.35. The number of rotatable bonds is 8. The molecule has 1 N–H and O–H groups in total. The molecule has 0 bridgehead atoms. The van der Waals surface area contributed by atoms with E-state index in [1.165, 1.54) is 0 Å². The first kappa shape index (κ1) is 17.2. The number of likely N-dealkylation sites (N-methyl/N-ethyl adjacent to an activating group) is 2. The highest BCUT2D eigenvalue weighted by molar-refractivity contribution is 5.94. The van der Waals surface area contributed by atoms with Crippen LogP contribution in [0.15, 0.2) is 18.2 Å². The lowest BCUT2D eigenvalue weighted by Gasteiger charge is -2.21. The van der Waals surface area contributed by atoms with E-state index in [2.05, 4.69) is 5.32 Å². The molecule has 0 fully saturated rings. The zero-order valence-electron chi connectivity index (χ0n) is 13.2. The van der Waals surface area contributed by atoms with Crippen molar-refractivity contribution < 1.29 is 14.3 Å². The summed E-state index contributed by atoms with van der Waals surface area (Å²) in [6.07, 6.45) is 0. The van der Waals surface area contributed by atoms with Gasteiger partial charge in [-0.25, -0.2) is 0 Å². The third-order valence-corrected chi connectivity index (χ3v) is 3.25. The summed E-state index contributed by atoms with van der Waals surface area (Å²) in [6, 6.07) is 5.44. The molecule has 21 heavy (non-hydrogen) atoms. The Morgan fingerprint density at radius 3 is 2.52 bits per heavy atom. The number of ketones is 1. The van der Waals surface area contributed by atoms with Gasteiger partial charge < -0.3 is 10.1 Å². The van der Waals surface area contributed by atoms with Crippen molar-refractivity contribution in [1.29, 1.82) is 0 Å². The molecule has 0 spiro atoms. The molecule has 0 saturated heterocycles. The first-order chi connectivity index (χ1) is 10.0. The van der Waals surface area contributed by atoms with E-state index in [0.29, 0.717) is 25.3 Å². The van der Waals surface area contributed by atoms with Gasteiger partial charge in [0, 0.05) is 24.7 Å². The highest BCUT2D eigenvalue weighted by atomic mass is 16.5. The number of nitrogens with zero attached hydrogens (tertiary/aromatic N) is 1. The first-order valence-electron chi connectivity index (χ1n) is 7.21. The maximum absolute atomic E-state index is 11.5. The third-order valence-electron chi connectivity index (χ3n) is 3.25. The maximum atomic E-state index is 11.5. The fraction of sp³-hybridized carbons (Fsp3) is 0.500. The van der Waals surface area contributed by atoms with E-state index in [0.717, 1.165) is 17.9 Å². The largest absolute Gasteiger partial charge is 0.494 e. The molecule has 0 aliphatic rings. The van der Waals surface area contributed by atoms with Crippen molar-refractivity contribution in [2.75, 3.05) is 26.7 Å². The highest BCUT2D eigenvalue weighted by Gasteiger charge is 2.13. The normalized spacial score (nSPS) is 10.5. The quantitative estimate of drug-likeness (QED) is 0.743. The number of nitrogens with one attached hydrogen (secondary N) is 1. The second kappa shape index (κ2) is 8.42. The van der Waals surface area contributed by atoms with E-state index in [1.807, 2.05) is 30.9 Å². The summed E-state index contributed by atoms with van der Waals surface area (Å²) in [5.74, 6) is 0.754. The Kier molecular flexibility index (Phi) is 6.88. The molecule has 0 unspecified atom stereocenters. The van der Waals surface area contributed by atoms with Gasteiger partial charge in [-0.05, 0) is 38.6 Å². The van der Waals surface area contributed by atoms with Gasteiger partial charge in [0.05, 0.1) is 13.2 Å². The third kappa shape index (κ3) is 5.19. The molecule has 0 atom stereocenters. The molecular weight excluding hydrogens is 268 g/mol. The minimum atomic E-state index is -0.0301. The molecule has 1 amide bonds. The fourth-order valence-corrected chi connectivity index (χ4v) is 2.02. The summed E-state index contributed by atoms with van der Waals surface area (Å²) in [4.78, 5) is 25.0. The van der Waals surface area contributed by atoms with E-state index in [9.17, 15) is 9.59 Å². The van der Waals surface area contributed by atoms with Crippen molar-refractivity contribution in [3.63, 3.8) is 0 Å². The van der Waals surface area contributed by atoms with E-state index in [1.54, 1.807) is 20.0 Å². The van der Waals surface area contributed by atoms with Crippen LogP contribution in [0.3, 0.4) is 0 Å². The number of benzene rings is 1. The average Bonchev–Trinajstić information content (AvgIpc) is 2.47. The number of carbonyl (C=O) groups excluding carboxylic acids is 2. The van der Waals surface area contributed by atoms with Gasteiger partial charge in [0.1, 0.15) is 5.75 Å². The Morgan fingerprint density at radius 1 is 1.29 bits per heavy atom. The summed E-state index contributed by atoms with van der Waals surface area (Å²) in [5, 5.41) is 2.62. The molecule has 5 nitrogen and oxygen atoms in total.